The predicted octanol–water partition coefficient (Wildman–Crippen LogP) is -0.106. The van der Waals surface area contributed by atoms with Crippen LogP contribution in [-0.2, 0) is 6.54 Å². The number of nitrogens with zero attached hydrogens (tertiary/aromatic N) is 2. The molecule has 1 saturated heterocycles. The Balaban J connectivity index is 1.92. The van der Waals surface area contributed by atoms with Gasteiger partial charge in [-0.25, -0.2) is 0 Å². The molecule has 0 saturated carbocycles. The summed E-state index contributed by atoms with van der Waals surface area (Å²) in [4.78, 5) is 4.87. The van der Waals surface area contributed by atoms with Crippen LogP contribution in [0.5, 0.6) is 0 Å². The Morgan fingerprint density at radius 3 is 2.32 bits per heavy atom. The second-order valence-electron chi connectivity index (χ2n) is 5.19. The van der Waals surface area contributed by atoms with E-state index < -0.39 is 7.12 Å². The van der Waals surface area contributed by atoms with E-state index in [-0.39, 0.29) is 0 Å². The first-order chi connectivity index (χ1) is 9.20. The van der Waals surface area contributed by atoms with Gasteiger partial charge >= 0.3 is 7.12 Å². The molecule has 5 heteroatoms. The van der Waals surface area contributed by atoms with E-state index in [1.807, 2.05) is 18.2 Å². The third-order valence-electron chi connectivity index (χ3n) is 3.73. The maximum absolute atomic E-state index is 9.37. The highest BCUT2D eigenvalue weighted by molar-refractivity contribution is 6.59. The summed E-state index contributed by atoms with van der Waals surface area (Å²) in [6.07, 6.45) is 1.21. The molecular formula is C14H23BN2O2. The summed E-state index contributed by atoms with van der Waals surface area (Å²) in [5.41, 5.74) is 1.64. The van der Waals surface area contributed by atoms with Gasteiger partial charge in [0.15, 0.2) is 0 Å². The minimum atomic E-state index is -1.38. The van der Waals surface area contributed by atoms with E-state index >= 15 is 0 Å². The standard InChI is InChI=1S/C14H23BN2O2/c1-2-7-16-8-10-17(11-9-16)12-13-5-3-4-6-14(13)15(18)19/h3-6,18-19H,2,7-12H2,1H3. The maximum Gasteiger partial charge on any atom is 0.488 e. The van der Waals surface area contributed by atoms with Gasteiger partial charge in [-0.1, -0.05) is 31.2 Å². The van der Waals surface area contributed by atoms with E-state index in [1.165, 1.54) is 13.0 Å². The molecule has 19 heavy (non-hydrogen) atoms. The molecule has 0 amide bonds. The van der Waals surface area contributed by atoms with Gasteiger partial charge < -0.3 is 14.9 Å². The average molecular weight is 262 g/mol. The third-order valence-corrected chi connectivity index (χ3v) is 3.73. The highest BCUT2D eigenvalue weighted by Gasteiger charge is 2.20. The van der Waals surface area contributed by atoms with Gasteiger partial charge in [0.1, 0.15) is 0 Å². The Hall–Kier alpha value is -0.875. The van der Waals surface area contributed by atoms with Crippen LogP contribution in [0.3, 0.4) is 0 Å². The van der Waals surface area contributed by atoms with Crippen molar-refractivity contribution in [1.29, 1.82) is 0 Å². The molecule has 4 nitrogen and oxygen atoms in total. The van der Waals surface area contributed by atoms with Gasteiger partial charge in [-0.05, 0) is 24.0 Å². The van der Waals surface area contributed by atoms with Crippen LogP contribution in [0.4, 0.5) is 0 Å². The van der Waals surface area contributed by atoms with Crippen LogP contribution < -0.4 is 5.46 Å². The van der Waals surface area contributed by atoms with Crippen LogP contribution in [0.25, 0.3) is 0 Å². The van der Waals surface area contributed by atoms with E-state index in [4.69, 9.17) is 0 Å². The molecule has 1 aromatic rings. The molecule has 0 bridgehead atoms. The fourth-order valence-corrected chi connectivity index (χ4v) is 2.66. The van der Waals surface area contributed by atoms with Crippen molar-refractivity contribution in [3.05, 3.63) is 29.8 Å². The van der Waals surface area contributed by atoms with Crippen LogP contribution in [0.2, 0.25) is 0 Å². The third kappa shape index (κ3) is 4.04. The van der Waals surface area contributed by atoms with Crippen molar-refractivity contribution in [3.63, 3.8) is 0 Å². The number of rotatable bonds is 5. The monoisotopic (exact) mass is 262 g/mol. The van der Waals surface area contributed by atoms with Crippen molar-refractivity contribution < 1.29 is 10.0 Å². The highest BCUT2D eigenvalue weighted by Crippen LogP contribution is 2.08. The van der Waals surface area contributed by atoms with Gasteiger partial charge in [0.25, 0.3) is 0 Å². The number of benzene rings is 1. The summed E-state index contributed by atoms with van der Waals surface area (Å²) in [7, 11) is -1.38. The smallest absolute Gasteiger partial charge is 0.423 e. The first kappa shape index (κ1) is 14.5. The molecule has 0 aliphatic carbocycles. The molecule has 104 valence electrons. The van der Waals surface area contributed by atoms with Crippen molar-refractivity contribution in [2.75, 3.05) is 32.7 Å². The zero-order valence-electron chi connectivity index (χ0n) is 11.6. The van der Waals surface area contributed by atoms with Crippen LogP contribution >= 0.6 is 0 Å². The second kappa shape index (κ2) is 7.05. The first-order valence-electron chi connectivity index (χ1n) is 7.09. The lowest BCUT2D eigenvalue weighted by molar-refractivity contribution is 0.127. The SMILES string of the molecule is CCCN1CCN(Cc2ccccc2B(O)O)CC1. The minimum absolute atomic E-state index is 0.624. The summed E-state index contributed by atoms with van der Waals surface area (Å²) >= 11 is 0. The quantitative estimate of drug-likeness (QED) is 0.727. The molecule has 2 rings (SSSR count). The van der Waals surface area contributed by atoms with E-state index in [9.17, 15) is 10.0 Å². The fourth-order valence-electron chi connectivity index (χ4n) is 2.66. The lowest BCUT2D eigenvalue weighted by atomic mass is 9.77. The normalized spacial score (nSPS) is 17.6. The Kier molecular flexibility index (Phi) is 5.40. The van der Waals surface area contributed by atoms with Crippen molar-refractivity contribution in [3.8, 4) is 0 Å². The average Bonchev–Trinajstić information content (AvgIpc) is 2.42. The van der Waals surface area contributed by atoms with Gasteiger partial charge in [-0.15, -0.1) is 0 Å². The van der Waals surface area contributed by atoms with Crippen molar-refractivity contribution >= 4 is 12.6 Å². The van der Waals surface area contributed by atoms with Gasteiger partial charge in [-0.2, -0.15) is 0 Å². The van der Waals surface area contributed by atoms with E-state index in [2.05, 4.69) is 16.7 Å². The summed E-state index contributed by atoms with van der Waals surface area (Å²) in [5.74, 6) is 0. The Morgan fingerprint density at radius 2 is 1.68 bits per heavy atom. The summed E-state index contributed by atoms with van der Waals surface area (Å²) in [6.45, 7) is 8.51. The van der Waals surface area contributed by atoms with Gasteiger partial charge in [0.2, 0.25) is 0 Å². The molecule has 1 heterocycles. The molecule has 1 aliphatic rings. The van der Waals surface area contributed by atoms with Gasteiger partial charge in [0.05, 0.1) is 0 Å². The number of hydrogen-bond donors (Lipinski definition) is 2. The van der Waals surface area contributed by atoms with Crippen LogP contribution in [0, 0.1) is 0 Å². The zero-order chi connectivity index (χ0) is 13.7. The molecule has 0 aromatic heterocycles. The highest BCUT2D eigenvalue weighted by atomic mass is 16.4. The minimum Gasteiger partial charge on any atom is -0.423 e. The summed E-state index contributed by atoms with van der Waals surface area (Å²) < 4.78 is 0. The maximum atomic E-state index is 9.37. The molecule has 2 N–H and O–H groups in total. The van der Waals surface area contributed by atoms with Crippen molar-refractivity contribution in [2.24, 2.45) is 0 Å². The Bertz CT molecular complexity index is 393. The molecule has 0 radical (unpaired) electrons. The summed E-state index contributed by atoms with van der Waals surface area (Å²) in [6, 6.07) is 7.56. The topological polar surface area (TPSA) is 46.9 Å². The molecular weight excluding hydrogens is 239 g/mol. The van der Waals surface area contributed by atoms with E-state index in [1.54, 1.807) is 6.07 Å². The Labute approximate surface area is 115 Å². The lowest BCUT2D eigenvalue weighted by Crippen LogP contribution is -2.47. The lowest BCUT2D eigenvalue weighted by Gasteiger charge is -2.34. The molecule has 1 aliphatic heterocycles. The number of hydrogen-bond acceptors (Lipinski definition) is 4. The molecule has 0 unspecified atom stereocenters. The Morgan fingerprint density at radius 1 is 1.05 bits per heavy atom. The van der Waals surface area contributed by atoms with Crippen LogP contribution in [0.15, 0.2) is 24.3 Å². The zero-order valence-corrected chi connectivity index (χ0v) is 11.6. The van der Waals surface area contributed by atoms with E-state index in [0.29, 0.717) is 5.46 Å². The molecule has 0 spiro atoms. The largest absolute Gasteiger partial charge is 0.488 e. The van der Waals surface area contributed by atoms with E-state index in [0.717, 1.165) is 38.3 Å². The number of piperazine rings is 1. The molecule has 0 atom stereocenters. The van der Waals surface area contributed by atoms with Crippen molar-refractivity contribution in [1.82, 2.24) is 9.80 Å². The van der Waals surface area contributed by atoms with Gasteiger partial charge in [0, 0.05) is 32.7 Å². The molecule has 1 aromatic carbocycles. The first-order valence-corrected chi connectivity index (χ1v) is 7.09. The van der Waals surface area contributed by atoms with Crippen molar-refractivity contribution in [2.45, 2.75) is 19.9 Å². The predicted molar refractivity (Wildman–Crippen MR) is 78.3 cm³/mol. The summed E-state index contributed by atoms with van der Waals surface area (Å²) in [5, 5.41) is 18.7. The van der Waals surface area contributed by atoms with Crippen LogP contribution in [-0.4, -0.2) is 59.7 Å². The fraction of sp³-hybridized carbons (Fsp3) is 0.571. The molecule has 1 fully saturated rings. The van der Waals surface area contributed by atoms with Crippen LogP contribution in [0.1, 0.15) is 18.9 Å². The second-order valence-corrected chi connectivity index (χ2v) is 5.19. The van der Waals surface area contributed by atoms with Gasteiger partial charge in [-0.3, -0.25) is 4.90 Å².